The summed E-state index contributed by atoms with van der Waals surface area (Å²) in [6.07, 6.45) is 1.09. The fraction of sp³-hybridized carbons (Fsp3) is 0.167. The molecule has 0 N–H and O–H groups in total. The highest BCUT2D eigenvalue weighted by molar-refractivity contribution is 6.28. The summed E-state index contributed by atoms with van der Waals surface area (Å²) < 4.78 is 13.5. The summed E-state index contributed by atoms with van der Waals surface area (Å²) in [5, 5.41) is 0.0514. The van der Waals surface area contributed by atoms with Crippen molar-refractivity contribution >= 4 is 11.6 Å². The Morgan fingerprint density at radius 2 is 1.75 bits per heavy atom. The Morgan fingerprint density at radius 3 is 2.38 bits per heavy atom. The third-order valence-corrected chi connectivity index (χ3v) is 2.39. The van der Waals surface area contributed by atoms with E-state index in [0.717, 1.165) is 22.9 Å². The van der Waals surface area contributed by atoms with Crippen molar-refractivity contribution in [3.05, 3.63) is 46.6 Å². The smallest absolute Gasteiger partial charge is 0.223 e. The van der Waals surface area contributed by atoms with Crippen LogP contribution >= 0.6 is 11.6 Å². The Hall–Kier alpha value is -1.48. The number of halogens is 2. The zero-order chi connectivity index (χ0) is 11.7. The monoisotopic (exact) mass is 236 g/mol. The first-order valence-electron chi connectivity index (χ1n) is 4.83. The van der Waals surface area contributed by atoms with Crippen LogP contribution in [0.15, 0.2) is 24.4 Å². The molecule has 1 heterocycles. The zero-order valence-electron chi connectivity index (χ0n) is 8.96. The van der Waals surface area contributed by atoms with Crippen LogP contribution in [0.1, 0.15) is 11.1 Å². The van der Waals surface area contributed by atoms with Crippen molar-refractivity contribution in [1.29, 1.82) is 0 Å². The summed E-state index contributed by atoms with van der Waals surface area (Å²) in [4.78, 5) is 7.49. The number of benzene rings is 1. The Balaban J connectivity index is 2.62. The van der Waals surface area contributed by atoms with Gasteiger partial charge in [0, 0.05) is 5.56 Å². The van der Waals surface area contributed by atoms with E-state index < -0.39 is 5.82 Å². The van der Waals surface area contributed by atoms with E-state index in [0.29, 0.717) is 0 Å². The van der Waals surface area contributed by atoms with Crippen molar-refractivity contribution in [1.82, 2.24) is 9.97 Å². The van der Waals surface area contributed by atoms with E-state index >= 15 is 0 Å². The molecule has 2 rings (SSSR count). The molecule has 0 atom stereocenters. The van der Waals surface area contributed by atoms with Crippen LogP contribution in [0.2, 0.25) is 5.28 Å². The molecule has 0 aliphatic rings. The molecule has 1 aromatic carbocycles. The topological polar surface area (TPSA) is 25.8 Å². The summed E-state index contributed by atoms with van der Waals surface area (Å²) in [7, 11) is 0. The quantitative estimate of drug-likeness (QED) is 0.708. The molecule has 0 unspecified atom stereocenters. The summed E-state index contributed by atoms with van der Waals surface area (Å²) in [6, 6.07) is 5.76. The van der Waals surface area contributed by atoms with Gasteiger partial charge in [0.1, 0.15) is 5.69 Å². The SMILES string of the molecule is Cc1cc(C)cc(-c2nc(Cl)ncc2F)c1. The molecule has 0 aliphatic carbocycles. The molecule has 0 saturated carbocycles. The first-order valence-corrected chi connectivity index (χ1v) is 5.21. The fourth-order valence-electron chi connectivity index (χ4n) is 1.66. The Bertz CT molecular complexity index is 520. The second-order valence-electron chi connectivity index (χ2n) is 3.71. The Kier molecular flexibility index (Phi) is 2.88. The van der Waals surface area contributed by atoms with Crippen LogP contribution in [0.25, 0.3) is 11.3 Å². The number of rotatable bonds is 1. The molecule has 1 aromatic heterocycles. The first kappa shape index (κ1) is 11.0. The highest BCUT2D eigenvalue weighted by Gasteiger charge is 2.09. The van der Waals surface area contributed by atoms with Crippen molar-refractivity contribution in [3.8, 4) is 11.3 Å². The normalized spacial score (nSPS) is 10.5. The first-order chi connectivity index (χ1) is 7.56. The van der Waals surface area contributed by atoms with Crippen molar-refractivity contribution < 1.29 is 4.39 Å². The number of hydrogen-bond acceptors (Lipinski definition) is 2. The lowest BCUT2D eigenvalue weighted by atomic mass is 10.0. The van der Waals surface area contributed by atoms with E-state index in [1.54, 1.807) is 0 Å². The van der Waals surface area contributed by atoms with Crippen molar-refractivity contribution in [3.63, 3.8) is 0 Å². The second-order valence-corrected chi connectivity index (χ2v) is 4.05. The summed E-state index contributed by atoms with van der Waals surface area (Å²) in [5.41, 5.74) is 3.08. The highest BCUT2D eigenvalue weighted by atomic mass is 35.5. The van der Waals surface area contributed by atoms with Gasteiger partial charge in [-0.1, -0.05) is 17.2 Å². The maximum absolute atomic E-state index is 13.5. The summed E-state index contributed by atoms with van der Waals surface area (Å²) in [5.74, 6) is -0.464. The van der Waals surface area contributed by atoms with Gasteiger partial charge in [-0.25, -0.2) is 14.4 Å². The zero-order valence-corrected chi connectivity index (χ0v) is 9.72. The van der Waals surface area contributed by atoms with Gasteiger partial charge in [-0.2, -0.15) is 0 Å². The van der Waals surface area contributed by atoms with Gasteiger partial charge in [-0.3, -0.25) is 0 Å². The lowest BCUT2D eigenvalue weighted by molar-refractivity contribution is 0.618. The van der Waals surface area contributed by atoms with E-state index in [2.05, 4.69) is 9.97 Å². The average Bonchev–Trinajstić information content (AvgIpc) is 2.20. The van der Waals surface area contributed by atoms with Gasteiger partial charge in [-0.15, -0.1) is 0 Å². The molecule has 0 spiro atoms. The largest absolute Gasteiger partial charge is 0.223 e. The van der Waals surface area contributed by atoms with Crippen molar-refractivity contribution in [2.45, 2.75) is 13.8 Å². The number of hydrogen-bond donors (Lipinski definition) is 0. The molecule has 16 heavy (non-hydrogen) atoms. The van der Waals surface area contributed by atoms with Gasteiger partial charge in [0.05, 0.1) is 6.20 Å². The van der Waals surface area contributed by atoms with Crippen LogP contribution in [-0.2, 0) is 0 Å². The molecule has 0 amide bonds. The minimum absolute atomic E-state index is 0.0514. The second kappa shape index (κ2) is 4.18. The van der Waals surface area contributed by atoms with Crippen LogP contribution < -0.4 is 0 Å². The third kappa shape index (κ3) is 2.19. The fourth-order valence-corrected chi connectivity index (χ4v) is 1.79. The van der Waals surface area contributed by atoms with E-state index in [9.17, 15) is 4.39 Å². The van der Waals surface area contributed by atoms with Crippen LogP contribution in [0.4, 0.5) is 4.39 Å². The van der Waals surface area contributed by atoms with Crippen molar-refractivity contribution in [2.24, 2.45) is 0 Å². The highest BCUT2D eigenvalue weighted by Crippen LogP contribution is 2.23. The maximum Gasteiger partial charge on any atom is 0.223 e. The Morgan fingerprint density at radius 1 is 1.12 bits per heavy atom. The average molecular weight is 237 g/mol. The molecule has 82 valence electrons. The lowest BCUT2D eigenvalue weighted by Gasteiger charge is -2.05. The molecule has 0 saturated heterocycles. The minimum atomic E-state index is -0.464. The summed E-state index contributed by atoms with van der Waals surface area (Å²) >= 11 is 5.66. The van der Waals surface area contributed by atoms with Crippen LogP contribution in [0.3, 0.4) is 0 Å². The molecular formula is C12H10ClFN2. The molecule has 0 aliphatic heterocycles. The Labute approximate surface area is 98.1 Å². The number of nitrogens with zero attached hydrogens (tertiary/aromatic N) is 2. The van der Waals surface area contributed by atoms with Gasteiger partial charge < -0.3 is 0 Å². The molecule has 2 nitrogen and oxygen atoms in total. The molecule has 2 aromatic rings. The lowest BCUT2D eigenvalue weighted by Crippen LogP contribution is -1.93. The molecule has 0 fully saturated rings. The van der Waals surface area contributed by atoms with Gasteiger partial charge in [0.15, 0.2) is 5.82 Å². The van der Waals surface area contributed by atoms with E-state index in [-0.39, 0.29) is 11.0 Å². The standard InChI is InChI=1S/C12H10ClFN2/c1-7-3-8(2)5-9(4-7)11-10(14)6-15-12(13)16-11/h3-6H,1-2H3. The van der Waals surface area contributed by atoms with E-state index in [1.165, 1.54) is 0 Å². The van der Waals surface area contributed by atoms with E-state index in [1.807, 2.05) is 32.0 Å². The predicted octanol–water partition coefficient (Wildman–Crippen LogP) is 3.55. The van der Waals surface area contributed by atoms with Crippen LogP contribution in [0, 0.1) is 19.7 Å². The molecule has 0 bridgehead atoms. The van der Waals surface area contributed by atoms with Crippen LogP contribution in [0.5, 0.6) is 0 Å². The van der Waals surface area contributed by atoms with Gasteiger partial charge >= 0.3 is 0 Å². The third-order valence-electron chi connectivity index (χ3n) is 2.21. The van der Waals surface area contributed by atoms with Gasteiger partial charge in [-0.05, 0) is 37.6 Å². The predicted molar refractivity (Wildman–Crippen MR) is 61.9 cm³/mol. The number of aromatic nitrogens is 2. The molecule has 4 heteroatoms. The molecular weight excluding hydrogens is 227 g/mol. The molecule has 0 radical (unpaired) electrons. The van der Waals surface area contributed by atoms with Gasteiger partial charge in [0.2, 0.25) is 5.28 Å². The van der Waals surface area contributed by atoms with E-state index in [4.69, 9.17) is 11.6 Å². The van der Waals surface area contributed by atoms with Crippen molar-refractivity contribution in [2.75, 3.05) is 0 Å². The summed E-state index contributed by atoms with van der Waals surface area (Å²) in [6.45, 7) is 3.91. The maximum atomic E-state index is 13.5. The number of aryl methyl sites for hydroxylation is 2. The van der Waals surface area contributed by atoms with Gasteiger partial charge in [0.25, 0.3) is 0 Å². The van der Waals surface area contributed by atoms with Crippen LogP contribution in [-0.4, -0.2) is 9.97 Å². The minimum Gasteiger partial charge on any atom is -0.223 e.